The van der Waals surface area contributed by atoms with Crippen LogP contribution in [0.5, 0.6) is 0 Å². The molecule has 62 heavy (non-hydrogen) atoms. The van der Waals surface area contributed by atoms with Crippen LogP contribution in [0.3, 0.4) is 0 Å². The fraction of sp³-hybridized carbons (Fsp3) is 0.977. The van der Waals surface area contributed by atoms with Crippen LogP contribution in [0.4, 0.5) is 0 Å². The lowest BCUT2D eigenvalue weighted by Gasteiger charge is -2.60. The van der Waals surface area contributed by atoms with Crippen molar-refractivity contribution in [3.8, 4) is 0 Å². The standard InChI is InChI=1S/C44H70O18/c1-18-7-10-44(56-16-18)19(2)30-26(62-44)12-24-22-6-5-20-11-21(8-9-42(20,3)23(22)13-29(48)43(24,30)4)57-40-35(53)38(33(51)27(14-45)58-40)61-41-36(54)37(32(50)28(15-46)59-41)60-39-34(52)31(49)25(47)17-55-39/h18-28,30-41,45-47,49-54H,5-17H2,1-4H3. The number of rotatable bonds is 8. The average Bonchev–Trinajstić information content (AvgIpc) is 3.70. The first-order chi connectivity index (χ1) is 29.4. The van der Waals surface area contributed by atoms with E-state index in [0.717, 1.165) is 38.5 Å². The minimum absolute atomic E-state index is 0.0168. The Kier molecular flexibility index (Phi) is 12.8. The fourth-order valence-electron chi connectivity index (χ4n) is 14.1. The zero-order valence-electron chi connectivity index (χ0n) is 36.2. The fourth-order valence-corrected chi connectivity index (χ4v) is 14.1. The molecule has 4 aliphatic carbocycles. The lowest BCUT2D eigenvalue weighted by Crippen LogP contribution is -2.66. The second-order valence-corrected chi connectivity index (χ2v) is 20.9. The van der Waals surface area contributed by atoms with Crippen LogP contribution in [-0.2, 0) is 42.7 Å². The van der Waals surface area contributed by atoms with E-state index in [0.29, 0.717) is 43.5 Å². The summed E-state index contributed by atoms with van der Waals surface area (Å²) in [5, 5.41) is 95.8. The van der Waals surface area contributed by atoms with Crippen molar-refractivity contribution in [3.05, 3.63) is 0 Å². The van der Waals surface area contributed by atoms with E-state index in [1.807, 2.05) is 0 Å². The summed E-state index contributed by atoms with van der Waals surface area (Å²) in [5.74, 6) is 1.68. The third kappa shape index (κ3) is 7.38. The summed E-state index contributed by atoms with van der Waals surface area (Å²) in [6.07, 6.45) is -15.2. The molecule has 26 unspecified atom stereocenters. The molecule has 0 aromatic heterocycles. The number of ether oxygens (including phenoxy) is 8. The van der Waals surface area contributed by atoms with E-state index in [2.05, 4.69) is 27.7 Å². The molecular weight excluding hydrogens is 816 g/mol. The Morgan fingerprint density at radius 2 is 1.34 bits per heavy atom. The topological polar surface area (TPSA) is 273 Å². The smallest absolute Gasteiger partial charge is 0.187 e. The summed E-state index contributed by atoms with van der Waals surface area (Å²) >= 11 is 0. The highest BCUT2D eigenvalue weighted by Crippen LogP contribution is 2.70. The predicted octanol–water partition coefficient (Wildman–Crippen LogP) is -0.915. The van der Waals surface area contributed by atoms with Crippen LogP contribution in [0, 0.1) is 52.3 Å². The van der Waals surface area contributed by atoms with Gasteiger partial charge in [0.2, 0.25) is 0 Å². The van der Waals surface area contributed by atoms with Crippen molar-refractivity contribution in [2.24, 2.45) is 52.3 Å². The molecule has 9 aliphatic rings. The van der Waals surface area contributed by atoms with Crippen molar-refractivity contribution >= 4 is 5.78 Å². The van der Waals surface area contributed by atoms with E-state index in [1.165, 1.54) is 0 Å². The number of fused-ring (bicyclic) bond motifs is 7. The third-order valence-electron chi connectivity index (χ3n) is 17.8. The second-order valence-electron chi connectivity index (χ2n) is 20.9. The minimum Gasteiger partial charge on any atom is -0.394 e. The van der Waals surface area contributed by atoms with Crippen molar-refractivity contribution in [3.63, 3.8) is 0 Å². The van der Waals surface area contributed by atoms with Gasteiger partial charge in [0.15, 0.2) is 24.7 Å². The first-order valence-electron chi connectivity index (χ1n) is 23.2. The molecule has 18 nitrogen and oxygen atoms in total. The summed E-state index contributed by atoms with van der Waals surface area (Å²) in [7, 11) is 0. The number of aliphatic hydroxyl groups excluding tert-OH is 9. The van der Waals surface area contributed by atoms with Gasteiger partial charge >= 0.3 is 0 Å². The van der Waals surface area contributed by atoms with Crippen LogP contribution in [-0.4, -0.2) is 182 Å². The van der Waals surface area contributed by atoms with Crippen LogP contribution in [0.25, 0.3) is 0 Å². The Labute approximate surface area is 362 Å². The first-order valence-corrected chi connectivity index (χ1v) is 23.2. The molecule has 4 saturated carbocycles. The molecular formula is C44H70O18. The molecule has 18 heteroatoms. The molecule has 0 aromatic rings. The molecule has 0 amide bonds. The first kappa shape index (κ1) is 46.1. The highest BCUT2D eigenvalue weighted by atomic mass is 16.8. The molecule has 1 spiro atoms. The highest BCUT2D eigenvalue weighted by Gasteiger charge is 2.72. The summed E-state index contributed by atoms with van der Waals surface area (Å²) in [4.78, 5) is 14.6. The Hall–Kier alpha value is -1.01. The number of hydrogen-bond acceptors (Lipinski definition) is 18. The van der Waals surface area contributed by atoms with Crippen LogP contribution in [0.1, 0.15) is 85.5 Å². The lowest BCUT2D eigenvalue weighted by molar-refractivity contribution is -0.379. The van der Waals surface area contributed by atoms with Gasteiger partial charge in [-0.1, -0.05) is 27.7 Å². The number of Topliss-reactive ketones (excluding diaryl/α,β-unsaturated/α-hetero) is 1. The number of carbonyl (C=O) groups excluding carboxylic acids is 1. The molecule has 5 heterocycles. The van der Waals surface area contributed by atoms with E-state index >= 15 is 0 Å². The maximum absolute atomic E-state index is 14.6. The average molecular weight is 887 g/mol. The molecule has 354 valence electrons. The zero-order chi connectivity index (χ0) is 44.2. The Morgan fingerprint density at radius 1 is 0.694 bits per heavy atom. The normalized spacial score (nSPS) is 57.8. The van der Waals surface area contributed by atoms with Gasteiger partial charge in [-0.05, 0) is 80.0 Å². The lowest BCUT2D eigenvalue weighted by atomic mass is 9.44. The van der Waals surface area contributed by atoms with E-state index in [4.69, 9.17) is 37.9 Å². The highest BCUT2D eigenvalue weighted by molar-refractivity contribution is 5.87. The van der Waals surface area contributed by atoms with E-state index in [-0.39, 0.29) is 47.2 Å². The summed E-state index contributed by atoms with van der Waals surface area (Å²) in [6.45, 7) is 7.86. The maximum Gasteiger partial charge on any atom is 0.187 e. The number of aliphatic hydroxyl groups is 9. The molecule has 9 rings (SSSR count). The molecule has 0 aromatic carbocycles. The Balaban J connectivity index is 0.854. The molecule has 5 saturated heterocycles. The summed E-state index contributed by atoms with van der Waals surface area (Å²) < 4.78 is 48.3. The van der Waals surface area contributed by atoms with Crippen molar-refractivity contribution in [2.75, 3.05) is 26.4 Å². The molecule has 0 radical (unpaired) electrons. The van der Waals surface area contributed by atoms with Gasteiger partial charge in [0.1, 0.15) is 72.9 Å². The molecule has 9 fully saturated rings. The van der Waals surface area contributed by atoms with Gasteiger partial charge in [-0.3, -0.25) is 4.79 Å². The molecule has 26 atom stereocenters. The van der Waals surface area contributed by atoms with E-state index < -0.39 is 117 Å². The molecule has 9 N–H and O–H groups in total. The van der Waals surface area contributed by atoms with Crippen LogP contribution < -0.4 is 0 Å². The van der Waals surface area contributed by atoms with Crippen LogP contribution in [0.15, 0.2) is 0 Å². The van der Waals surface area contributed by atoms with Crippen molar-refractivity contribution < 1.29 is 88.6 Å². The van der Waals surface area contributed by atoms with Crippen molar-refractivity contribution in [2.45, 2.75) is 189 Å². The van der Waals surface area contributed by atoms with Crippen molar-refractivity contribution in [1.29, 1.82) is 0 Å². The van der Waals surface area contributed by atoms with Gasteiger partial charge in [0.25, 0.3) is 0 Å². The number of hydrogen-bond donors (Lipinski definition) is 9. The number of carbonyl (C=O) groups is 1. The maximum atomic E-state index is 14.6. The van der Waals surface area contributed by atoms with Gasteiger partial charge in [-0.15, -0.1) is 0 Å². The van der Waals surface area contributed by atoms with Crippen molar-refractivity contribution in [1.82, 2.24) is 0 Å². The molecule has 0 bridgehead atoms. The second kappa shape index (κ2) is 17.3. The zero-order valence-corrected chi connectivity index (χ0v) is 36.2. The van der Waals surface area contributed by atoms with E-state index in [9.17, 15) is 50.8 Å². The monoisotopic (exact) mass is 886 g/mol. The predicted molar refractivity (Wildman–Crippen MR) is 210 cm³/mol. The van der Waals surface area contributed by atoms with Gasteiger partial charge in [0, 0.05) is 30.1 Å². The van der Waals surface area contributed by atoms with Gasteiger partial charge in [0.05, 0.1) is 38.6 Å². The molecule has 5 aliphatic heterocycles. The number of ketones is 1. The third-order valence-corrected chi connectivity index (χ3v) is 17.8. The van der Waals surface area contributed by atoms with Crippen LogP contribution >= 0.6 is 0 Å². The minimum atomic E-state index is -1.86. The summed E-state index contributed by atoms with van der Waals surface area (Å²) in [5.41, 5.74) is -0.551. The van der Waals surface area contributed by atoms with Crippen LogP contribution in [0.2, 0.25) is 0 Å². The largest absolute Gasteiger partial charge is 0.394 e. The SMILES string of the molecule is CC1CCC2(OC1)OC1CC3C4CCC5CC(OC6OC(CO)C(O)C(OC7OC(CO)C(O)C(OC8OCC(O)C(O)C8O)C7O)C6O)CCC5(C)C4CC(=O)C3(C)C1C2C. The van der Waals surface area contributed by atoms with Gasteiger partial charge in [-0.25, -0.2) is 0 Å². The Bertz CT molecular complexity index is 1600. The quantitative estimate of drug-likeness (QED) is 0.133. The van der Waals surface area contributed by atoms with Gasteiger partial charge < -0.3 is 83.9 Å². The van der Waals surface area contributed by atoms with E-state index in [1.54, 1.807) is 0 Å². The Morgan fingerprint density at radius 3 is 1.97 bits per heavy atom. The van der Waals surface area contributed by atoms with Gasteiger partial charge in [-0.2, -0.15) is 0 Å². The summed E-state index contributed by atoms with van der Waals surface area (Å²) in [6, 6.07) is 0.